The Labute approximate surface area is 207 Å². The van der Waals surface area contributed by atoms with Crippen molar-refractivity contribution >= 4 is 23.0 Å². The number of piperazine rings is 1. The van der Waals surface area contributed by atoms with Gasteiger partial charge in [0.2, 0.25) is 5.95 Å². The lowest BCUT2D eigenvalue weighted by Crippen LogP contribution is -2.46. The fourth-order valence-electron chi connectivity index (χ4n) is 4.53. The quantitative estimate of drug-likeness (QED) is 0.517. The molecule has 0 amide bonds. The van der Waals surface area contributed by atoms with Crippen LogP contribution in [0.5, 0.6) is 0 Å². The van der Waals surface area contributed by atoms with Crippen molar-refractivity contribution in [1.29, 1.82) is 0 Å². The first-order valence-corrected chi connectivity index (χ1v) is 13.0. The van der Waals surface area contributed by atoms with Gasteiger partial charge in [-0.05, 0) is 51.1 Å². The van der Waals surface area contributed by atoms with E-state index >= 15 is 0 Å². The molecule has 11 heteroatoms. The molecule has 2 fully saturated rings. The number of hydrogen-bond donors (Lipinski definition) is 1. The van der Waals surface area contributed by atoms with Crippen LogP contribution in [-0.4, -0.2) is 79.7 Å². The number of nitrogens with zero attached hydrogens (tertiary/aromatic N) is 6. The van der Waals surface area contributed by atoms with Gasteiger partial charge in [-0.3, -0.25) is 0 Å². The van der Waals surface area contributed by atoms with Gasteiger partial charge in [0.25, 0.3) is 0 Å². The molecule has 1 aromatic carbocycles. The summed E-state index contributed by atoms with van der Waals surface area (Å²) in [6.45, 7) is 6.64. The number of ether oxygens (including phenoxy) is 1. The molecule has 4 heterocycles. The van der Waals surface area contributed by atoms with Crippen LogP contribution in [0, 0.1) is 12.7 Å². The number of aryl methyl sites for hydroxylation is 1. The molecule has 2 aliphatic heterocycles. The number of hydrogen-bond acceptors (Lipinski definition) is 8. The molecule has 1 atom stereocenters. The smallest absolute Gasteiger partial charge is 0.227 e. The van der Waals surface area contributed by atoms with Crippen molar-refractivity contribution in [2.24, 2.45) is 0 Å². The highest BCUT2D eigenvalue weighted by atomic mass is 32.2. The fourth-order valence-corrected chi connectivity index (χ4v) is 5.69. The van der Waals surface area contributed by atoms with Gasteiger partial charge in [0.05, 0.1) is 42.5 Å². The number of aromatic nitrogens is 4. The zero-order valence-corrected chi connectivity index (χ0v) is 20.8. The molecule has 1 N–H and O–H groups in total. The van der Waals surface area contributed by atoms with E-state index in [0.717, 1.165) is 55.4 Å². The summed E-state index contributed by atoms with van der Waals surface area (Å²) in [4.78, 5) is 16.0. The maximum Gasteiger partial charge on any atom is 0.227 e. The van der Waals surface area contributed by atoms with Gasteiger partial charge in [-0.1, -0.05) is 0 Å². The van der Waals surface area contributed by atoms with Gasteiger partial charge < -0.3 is 24.1 Å². The minimum absolute atomic E-state index is 0.195. The molecule has 2 saturated heterocycles. The number of nitrogens with one attached hydrogen (secondary N) is 1. The van der Waals surface area contributed by atoms with Crippen LogP contribution in [0.25, 0.3) is 11.4 Å². The van der Waals surface area contributed by atoms with Crippen LogP contribution in [-0.2, 0) is 16.1 Å². The predicted molar refractivity (Wildman–Crippen MR) is 132 cm³/mol. The Hall–Kier alpha value is -2.57. The highest BCUT2D eigenvalue weighted by Gasteiger charge is 2.26. The molecular weight excluding hydrogens is 469 g/mol. The zero-order valence-electron chi connectivity index (χ0n) is 20.0. The van der Waals surface area contributed by atoms with Gasteiger partial charge in [-0.2, -0.15) is 0 Å². The first-order chi connectivity index (χ1) is 17.0. The van der Waals surface area contributed by atoms with Crippen molar-refractivity contribution in [3.05, 3.63) is 48.3 Å². The zero-order chi connectivity index (χ0) is 24.4. The third-order valence-electron chi connectivity index (χ3n) is 6.53. The Morgan fingerprint density at radius 3 is 2.49 bits per heavy atom. The first kappa shape index (κ1) is 24.1. The second-order valence-corrected chi connectivity index (χ2v) is 10.4. The molecule has 0 bridgehead atoms. The molecule has 0 saturated carbocycles. The van der Waals surface area contributed by atoms with Crippen LogP contribution in [0.1, 0.15) is 24.7 Å². The number of anilines is 2. The van der Waals surface area contributed by atoms with Crippen molar-refractivity contribution in [1.82, 2.24) is 28.7 Å². The van der Waals surface area contributed by atoms with E-state index in [2.05, 4.69) is 36.8 Å². The van der Waals surface area contributed by atoms with Crippen molar-refractivity contribution in [2.75, 3.05) is 51.8 Å². The standard InChI is InChI=1S/C24H30FN7O2S/c1-17-26-16-22(32(17)19-7-13-34-14-8-19)23-21(25)15-27-24(29-23)28-18-3-5-20(6-4-18)35(33)31-11-9-30(2)10-12-31/h3-6,15-16,19H,7-14H2,1-2H3,(H,27,28,29). The summed E-state index contributed by atoms with van der Waals surface area (Å²) in [5.74, 6) is 0.608. The molecule has 9 nitrogen and oxygen atoms in total. The molecule has 5 rings (SSSR count). The summed E-state index contributed by atoms with van der Waals surface area (Å²) in [6.07, 6.45) is 4.55. The second-order valence-electron chi connectivity index (χ2n) is 8.93. The summed E-state index contributed by atoms with van der Waals surface area (Å²) < 4.78 is 37.3. The maximum atomic E-state index is 14.8. The van der Waals surface area contributed by atoms with Gasteiger partial charge in [0.15, 0.2) is 10.7 Å². The molecule has 2 aromatic heterocycles. The third kappa shape index (κ3) is 5.34. The second kappa shape index (κ2) is 10.6. The summed E-state index contributed by atoms with van der Waals surface area (Å²) in [6, 6.07) is 7.55. The Balaban J connectivity index is 1.33. The Kier molecular flexibility index (Phi) is 7.30. The van der Waals surface area contributed by atoms with E-state index in [4.69, 9.17) is 4.74 Å². The minimum atomic E-state index is -1.19. The molecule has 0 aliphatic carbocycles. The van der Waals surface area contributed by atoms with Gasteiger partial charge >= 0.3 is 0 Å². The van der Waals surface area contributed by atoms with Gasteiger partial charge in [0, 0.05) is 38.0 Å². The monoisotopic (exact) mass is 499 g/mol. The minimum Gasteiger partial charge on any atom is -0.593 e. The van der Waals surface area contributed by atoms with E-state index in [1.807, 2.05) is 35.5 Å². The normalized spacial score (nSPS) is 19.1. The van der Waals surface area contributed by atoms with Crippen LogP contribution in [0.2, 0.25) is 0 Å². The van der Waals surface area contributed by atoms with Gasteiger partial charge in [-0.15, -0.1) is 4.31 Å². The summed E-state index contributed by atoms with van der Waals surface area (Å²) >= 11 is -1.19. The fraction of sp³-hybridized carbons (Fsp3) is 0.458. The van der Waals surface area contributed by atoms with Crippen molar-refractivity contribution in [2.45, 2.75) is 30.7 Å². The van der Waals surface area contributed by atoms with Crippen LogP contribution in [0.15, 0.2) is 41.6 Å². The average molecular weight is 500 g/mol. The van der Waals surface area contributed by atoms with E-state index < -0.39 is 17.2 Å². The van der Waals surface area contributed by atoms with Gasteiger partial charge in [-0.25, -0.2) is 19.3 Å². The highest BCUT2D eigenvalue weighted by Crippen LogP contribution is 2.31. The van der Waals surface area contributed by atoms with E-state index in [1.54, 1.807) is 6.20 Å². The van der Waals surface area contributed by atoms with E-state index in [1.165, 1.54) is 6.20 Å². The van der Waals surface area contributed by atoms with Crippen molar-refractivity contribution in [3.63, 3.8) is 0 Å². The molecule has 186 valence electrons. The van der Waals surface area contributed by atoms with Crippen molar-refractivity contribution < 1.29 is 13.7 Å². The van der Waals surface area contributed by atoms with Gasteiger partial charge in [0.1, 0.15) is 11.5 Å². The van der Waals surface area contributed by atoms with E-state index in [-0.39, 0.29) is 17.7 Å². The summed E-state index contributed by atoms with van der Waals surface area (Å²) in [5.41, 5.74) is 1.58. The molecule has 2 aliphatic rings. The largest absolute Gasteiger partial charge is 0.593 e. The van der Waals surface area contributed by atoms with Crippen molar-refractivity contribution in [3.8, 4) is 11.4 Å². The van der Waals surface area contributed by atoms with E-state index in [9.17, 15) is 8.94 Å². The maximum absolute atomic E-state index is 14.8. The lowest BCUT2D eigenvalue weighted by Gasteiger charge is -2.31. The number of imidazole rings is 1. The number of benzene rings is 1. The number of likely N-dealkylation sites (N-methyl/N-ethyl adjacent to an activating group) is 1. The third-order valence-corrected chi connectivity index (χ3v) is 8.04. The topological polar surface area (TPSA) is 94.4 Å². The lowest BCUT2D eigenvalue weighted by molar-refractivity contribution is 0.0694. The van der Waals surface area contributed by atoms with Crippen LogP contribution >= 0.6 is 0 Å². The Morgan fingerprint density at radius 1 is 1.06 bits per heavy atom. The summed E-state index contributed by atoms with van der Waals surface area (Å²) in [5, 5.41) is 3.14. The van der Waals surface area contributed by atoms with Crippen LogP contribution in [0.3, 0.4) is 0 Å². The summed E-state index contributed by atoms with van der Waals surface area (Å²) in [7, 11) is 2.07. The molecule has 3 aromatic rings. The highest BCUT2D eigenvalue weighted by molar-refractivity contribution is 7.89. The molecule has 0 radical (unpaired) electrons. The SMILES string of the molecule is Cc1ncc(-c2nc(Nc3ccc([S+]([O-])N4CCN(C)CC4)cc3)ncc2F)n1C1CCOCC1. The molecule has 35 heavy (non-hydrogen) atoms. The molecule has 1 unspecified atom stereocenters. The van der Waals surface area contributed by atoms with Crippen LogP contribution < -0.4 is 5.32 Å². The lowest BCUT2D eigenvalue weighted by atomic mass is 10.1. The average Bonchev–Trinajstić information content (AvgIpc) is 3.27. The van der Waals surface area contributed by atoms with Crippen LogP contribution in [0.4, 0.5) is 16.0 Å². The Morgan fingerprint density at radius 2 is 1.77 bits per heavy atom. The van der Waals surface area contributed by atoms with E-state index in [0.29, 0.717) is 18.9 Å². The molecule has 0 spiro atoms. The first-order valence-electron chi connectivity index (χ1n) is 11.9. The Bertz CT molecular complexity index is 1150. The number of halogens is 1. The molecular formula is C24H30FN7O2S. The number of rotatable bonds is 6. The predicted octanol–water partition coefficient (Wildman–Crippen LogP) is 3.15.